The van der Waals surface area contributed by atoms with Gasteiger partial charge in [0.1, 0.15) is 39.3 Å². The monoisotopic (exact) mass is 303 g/mol. The van der Waals surface area contributed by atoms with E-state index >= 15 is 0 Å². The van der Waals surface area contributed by atoms with Crippen LogP contribution in [-0.2, 0) is 13.1 Å². The fraction of sp³-hybridized carbons (Fsp3) is 0.353. The molecule has 1 fully saturated rings. The van der Waals surface area contributed by atoms with Crippen molar-refractivity contribution in [3.8, 4) is 0 Å². The summed E-state index contributed by atoms with van der Waals surface area (Å²) in [6, 6.07) is 12.5. The maximum absolute atomic E-state index is 5.94. The van der Waals surface area contributed by atoms with E-state index in [2.05, 4.69) is 29.2 Å². The third-order valence-corrected chi connectivity index (χ3v) is 4.49. The van der Waals surface area contributed by atoms with Crippen LogP contribution in [0.15, 0.2) is 48.8 Å². The predicted octanol–water partition coefficient (Wildman–Crippen LogP) is 0.219. The second-order valence-electron chi connectivity index (χ2n) is 5.84. The van der Waals surface area contributed by atoms with Crippen molar-refractivity contribution >= 4 is 11.6 Å². The van der Waals surface area contributed by atoms with Gasteiger partial charge in [0.15, 0.2) is 0 Å². The molecule has 0 spiro atoms. The van der Waals surface area contributed by atoms with Gasteiger partial charge in [0, 0.05) is 28.5 Å². The van der Waals surface area contributed by atoms with Gasteiger partial charge in [-0.2, -0.15) is 0 Å². The van der Waals surface area contributed by atoms with Crippen molar-refractivity contribution in [2.24, 2.45) is 0 Å². The van der Waals surface area contributed by atoms with Crippen LogP contribution in [0.4, 0.5) is 0 Å². The van der Waals surface area contributed by atoms with Crippen LogP contribution in [-0.4, -0.2) is 31.2 Å². The normalized spacial score (nSPS) is 22.1. The van der Waals surface area contributed by atoms with Gasteiger partial charge in [-0.3, -0.25) is 4.98 Å². The molecule has 3 rings (SSSR count). The first-order chi connectivity index (χ1) is 10.3. The molecule has 4 heteroatoms. The fourth-order valence-electron chi connectivity index (χ4n) is 2.99. The molecule has 1 aliphatic heterocycles. The van der Waals surface area contributed by atoms with Crippen molar-refractivity contribution in [3.63, 3.8) is 0 Å². The van der Waals surface area contributed by atoms with Gasteiger partial charge in [-0.25, -0.2) is 0 Å². The number of aromatic nitrogens is 1. The van der Waals surface area contributed by atoms with Crippen LogP contribution < -0.4 is 9.80 Å². The third-order valence-electron chi connectivity index (χ3n) is 4.24. The molecule has 21 heavy (non-hydrogen) atoms. The molecule has 0 atom stereocenters. The number of nitrogens with one attached hydrogen (secondary N) is 2. The molecule has 0 amide bonds. The lowest BCUT2D eigenvalue weighted by Gasteiger charge is -2.29. The Morgan fingerprint density at radius 1 is 0.762 bits per heavy atom. The summed E-state index contributed by atoms with van der Waals surface area (Å²) in [5.74, 6) is 0. The summed E-state index contributed by atoms with van der Waals surface area (Å²) in [6.07, 6.45) is 3.77. The highest BCUT2D eigenvalue weighted by atomic mass is 35.5. The Morgan fingerprint density at radius 3 is 1.76 bits per heavy atom. The topological polar surface area (TPSA) is 21.8 Å². The van der Waals surface area contributed by atoms with Gasteiger partial charge in [0.25, 0.3) is 0 Å². The number of nitrogens with zero attached hydrogens (tertiary/aromatic N) is 1. The quantitative estimate of drug-likeness (QED) is 0.829. The summed E-state index contributed by atoms with van der Waals surface area (Å²) in [5, 5.41) is 0.820. The molecule has 1 saturated heterocycles. The van der Waals surface area contributed by atoms with Gasteiger partial charge in [-0.15, -0.1) is 0 Å². The Hall–Kier alpha value is -1.42. The van der Waals surface area contributed by atoms with Crippen molar-refractivity contribution in [1.82, 2.24) is 4.98 Å². The number of piperazine rings is 1. The van der Waals surface area contributed by atoms with Gasteiger partial charge in [-0.1, -0.05) is 23.7 Å². The highest BCUT2D eigenvalue weighted by Gasteiger charge is 2.22. The van der Waals surface area contributed by atoms with Crippen molar-refractivity contribution in [3.05, 3.63) is 64.9 Å². The van der Waals surface area contributed by atoms with E-state index in [-0.39, 0.29) is 0 Å². The standard InChI is InChI=1S/C17H20ClN3/c18-17-3-1-15(2-4-17)13-20-9-11-21(12-10-20)14-16-5-7-19-8-6-16/h1-8H,9-14H2/p+2. The summed E-state index contributed by atoms with van der Waals surface area (Å²) < 4.78 is 0. The smallest absolute Gasteiger partial charge is 0.127 e. The molecule has 0 radical (unpaired) electrons. The number of pyridine rings is 1. The Morgan fingerprint density at radius 2 is 1.24 bits per heavy atom. The zero-order chi connectivity index (χ0) is 14.5. The highest BCUT2D eigenvalue weighted by molar-refractivity contribution is 6.30. The fourth-order valence-corrected chi connectivity index (χ4v) is 3.12. The first-order valence-corrected chi connectivity index (χ1v) is 7.98. The summed E-state index contributed by atoms with van der Waals surface area (Å²) in [4.78, 5) is 7.44. The molecule has 0 bridgehead atoms. The highest BCUT2D eigenvalue weighted by Crippen LogP contribution is 2.08. The number of hydrogen-bond donors (Lipinski definition) is 2. The summed E-state index contributed by atoms with van der Waals surface area (Å²) in [5.41, 5.74) is 2.77. The number of quaternary nitrogens is 2. The molecule has 0 unspecified atom stereocenters. The number of rotatable bonds is 4. The van der Waals surface area contributed by atoms with Crippen molar-refractivity contribution < 1.29 is 9.80 Å². The first kappa shape index (κ1) is 14.5. The lowest BCUT2D eigenvalue weighted by molar-refractivity contribution is -1.02. The summed E-state index contributed by atoms with van der Waals surface area (Å²) in [6.45, 7) is 7.19. The van der Waals surface area contributed by atoms with Gasteiger partial charge < -0.3 is 9.80 Å². The molecule has 1 aliphatic rings. The second kappa shape index (κ2) is 7.03. The van der Waals surface area contributed by atoms with E-state index in [0.717, 1.165) is 18.1 Å². The largest absolute Gasteiger partial charge is 0.322 e. The van der Waals surface area contributed by atoms with Crippen molar-refractivity contribution in [1.29, 1.82) is 0 Å². The van der Waals surface area contributed by atoms with Crippen molar-refractivity contribution in [2.75, 3.05) is 26.2 Å². The molecule has 0 saturated carbocycles. The van der Waals surface area contributed by atoms with Crippen molar-refractivity contribution in [2.45, 2.75) is 13.1 Å². The van der Waals surface area contributed by atoms with Gasteiger partial charge >= 0.3 is 0 Å². The molecular weight excluding hydrogens is 282 g/mol. The van der Waals surface area contributed by atoms with E-state index in [1.165, 1.54) is 37.3 Å². The van der Waals surface area contributed by atoms with Gasteiger partial charge in [0.05, 0.1) is 0 Å². The van der Waals surface area contributed by atoms with Crippen LogP contribution in [0.1, 0.15) is 11.1 Å². The minimum atomic E-state index is 0.820. The number of benzene rings is 1. The minimum Gasteiger partial charge on any atom is -0.322 e. The molecular formula is C17H22ClN3+2. The Balaban J connectivity index is 1.47. The predicted molar refractivity (Wildman–Crippen MR) is 84.5 cm³/mol. The molecule has 0 aliphatic carbocycles. The van der Waals surface area contributed by atoms with E-state index < -0.39 is 0 Å². The maximum Gasteiger partial charge on any atom is 0.127 e. The first-order valence-electron chi connectivity index (χ1n) is 7.60. The molecule has 2 N–H and O–H groups in total. The Labute approximate surface area is 131 Å². The van der Waals surface area contributed by atoms with Gasteiger partial charge in [0.2, 0.25) is 0 Å². The molecule has 3 nitrogen and oxygen atoms in total. The molecule has 110 valence electrons. The zero-order valence-electron chi connectivity index (χ0n) is 12.2. The molecule has 2 aromatic rings. The number of halogens is 1. The van der Waals surface area contributed by atoms with Crippen LogP contribution in [0.3, 0.4) is 0 Å². The van der Waals surface area contributed by atoms with E-state index in [0.29, 0.717) is 0 Å². The third kappa shape index (κ3) is 4.27. The van der Waals surface area contributed by atoms with Gasteiger partial charge in [-0.05, 0) is 24.3 Å². The van der Waals surface area contributed by atoms with E-state index in [1.54, 1.807) is 9.80 Å². The van der Waals surface area contributed by atoms with Crippen LogP contribution in [0.25, 0.3) is 0 Å². The van der Waals surface area contributed by atoms with Crippen LogP contribution in [0.5, 0.6) is 0 Å². The van der Waals surface area contributed by atoms with Crippen LogP contribution in [0, 0.1) is 0 Å². The summed E-state index contributed by atoms with van der Waals surface area (Å²) in [7, 11) is 0. The lowest BCUT2D eigenvalue weighted by atomic mass is 10.2. The minimum absolute atomic E-state index is 0.820. The van der Waals surface area contributed by atoms with E-state index in [4.69, 9.17) is 11.6 Å². The number of hydrogen-bond acceptors (Lipinski definition) is 1. The van der Waals surface area contributed by atoms with E-state index in [9.17, 15) is 0 Å². The molecule has 1 aromatic heterocycles. The maximum atomic E-state index is 5.94. The average Bonchev–Trinajstić information content (AvgIpc) is 2.53. The average molecular weight is 304 g/mol. The molecule has 1 aromatic carbocycles. The lowest BCUT2D eigenvalue weighted by Crippen LogP contribution is -3.27. The zero-order valence-corrected chi connectivity index (χ0v) is 12.9. The van der Waals surface area contributed by atoms with Crippen LogP contribution >= 0.6 is 11.6 Å². The Kier molecular flexibility index (Phi) is 4.86. The Bertz CT molecular complexity index is 548. The SMILES string of the molecule is Clc1ccc(C[NH+]2CC[NH+](Cc3ccncc3)CC2)cc1. The van der Waals surface area contributed by atoms with Crippen LogP contribution in [0.2, 0.25) is 5.02 Å². The molecule has 2 heterocycles. The van der Waals surface area contributed by atoms with E-state index in [1.807, 2.05) is 24.5 Å². The summed E-state index contributed by atoms with van der Waals surface area (Å²) >= 11 is 5.94. The second-order valence-corrected chi connectivity index (χ2v) is 6.27.